The Morgan fingerprint density at radius 1 is 1.16 bits per heavy atom. The molecule has 0 saturated heterocycles. The molecule has 1 aliphatic heterocycles. The Bertz CT molecular complexity index is 628. The minimum absolute atomic E-state index is 0.207. The zero-order valence-corrected chi connectivity index (χ0v) is 11.9. The molecule has 0 spiro atoms. The predicted molar refractivity (Wildman–Crippen MR) is 79.5 cm³/mol. The number of rotatable bonds is 2. The number of fused-ring (bicyclic) bond motifs is 1. The molecule has 1 atom stereocenters. The molecule has 1 heterocycles. The number of para-hydroxylation sites is 1. The third-order valence-electron chi connectivity index (χ3n) is 3.42. The molecule has 98 valence electrons. The zero-order chi connectivity index (χ0) is 13.4. The normalized spacial score (nSPS) is 16.9. The highest BCUT2D eigenvalue weighted by Crippen LogP contribution is 2.39. The summed E-state index contributed by atoms with van der Waals surface area (Å²) in [7, 11) is 1.62. The van der Waals surface area contributed by atoms with Crippen LogP contribution in [0.25, 0.3) is 0 Å². The number of methoxy groups -OCH3 is 1. The summed E-state index contributed by atoms with van der Waals surface area (Å²) < 4.78 is 5.17. The van der Waals surface area contributed by atoms with Gasteiger partial charge >= 0.3 is 0 Å². The van der Waals surface area contributed by atoms with Gasteiger partial charge in [-0.3, -0.25) is 0 Å². The molecule has 0 aliphatic carbocycles. The summed E-state index contributed by atoms with van der Waals surface area (Å²) in [6, 6.07) is 12.0. The van der Waals surface area contributed by atoms with E-state index in [0.717, 1.165) is 22.7 Å². The number of halogens is 2. The molecule has 0 radical (unpaired) electrons. The lowest BCUT2D eigenvalue weighted by molar-refractivity contribution is 0.415. The third kappa shape index (κ3) is 2.26. The van der Waals surface area contributed by atoms with Crippen LogP contribution in [0, 0.1) is 0 Å². The monoisotopic (exact) mass is 293 g/mol. The fourth-order valence-corrected chi connectivity index (χ4v) is 2.96. The number of hydrogen-bond acceptors (Lipinski definition) is 2. The molecule has 1 unspecified atom stereocenters. The van der Waals surface area contributed by atoms with E-state index in [0.29, 0.717) is 10.8 Å². The Hall–Kier alpha value is -1.38. The fraction of sp³-hybridized carbons (Fsp3) is 0.200. The molecule has 0 bridgehead atoms. The maximum absolute atomic E-state index is 6.19. The van der Waals surface area contributed by atoms with Crippen LogP contribution >= 0.6 is 23.2 Å². The van der Waals surface area contributed by atoms with Gasteiger partial charge in [-0.15, -0.1) is 0 Å². The van der Waals surface area contributed by atoms with Crippen molar-refractivity contribution in [3.63, 3.8) is 0 Å². The molecular formula is C15H13Cl2NO. The van der Waals surface area contributed by atoms with Gasteiger partial charge < -0.3 is 10.1 Å². The van der Waals surface area contributed by atoms with Gasteiger partial charge in [-0.1, -0.05) is 41.4 Å². The van der Waals surface area contributed by atoms with Crippen molar-refractivity contribution < 1.29 is 4.74 Å². The van der Waals surface area contributed by atoms with Gasteiger partial charge in [-0.05, 0) is 35.7 Å². The Labute approximate surface area is 122 Å². The van der Waals surface area contributed by atoms with E-state index in [4.69, 9.17) is 27.9 Å². The molecule has 19 heavy (non-hydrogen) atoms. The molecule has 1 N–H and O–H groups in total. The fourth-order valence-electron chi connectivity index (χ4n) is 2.45. The van der Waals surface area contributed by atoms with Gasteiger partial charge in [-0.2, -0.15) is 0 Å². The van der Waals surface area contributed by atoms with E-state index in [1.54, 1.807) is 7.11 Å². The number of hydrogen-bond donors (Lipinski definition) is 1. The zero-order valence-electron chi connectivity index (χ0n) is 10.4. The smallest absolute Gasteiger partial charge is 0.137 e. The average molecular weight is 294 g/mol. The van der Waals surface area contributed by atoms with E-state index in [-0.39, 0.29) is 6.04 Å². The van der Waals surface area contributed by atoms with Crippen LogP contribution in [-0.4, -0.2) is 7.11 Å². The van der Waals surface area contributed by atoms with Crippen LogP contribution in [0.15, 0.2) is 36.4 Å². The Kier molecular flexibility index (Phi) is 3.29. The van der Waals surface area contributed by atoms with Gasteiger partial charge in [0.15, 0.2) is 0 Å². The van der Waals surface area contributed by atoms with Crippen LogP contribution in [-0.2, 0) is 6.42 Å². The summed E-state index contributed by atoms with van der Waals surface area (Å²) in [5.74, 6) is 0.693. The van der Waals surface area contributed by atoms with E-state index in [2.05, 4.69) is 11.4 Å². The average Bonchev–Trinajstić information content (AvgIpc) is 2.84. The SMILES string of the molecule is COc1ccc(C2Cc3cccc(Cl)c3N2)cc1Cl. The van der Waals surface area contributed by atoms with Crippen molar-refractivity contribution in [3.8, 4) is 5.75 Å². The minimum Gasteiger partial charge on any atom is -0.495 e. The van der Waals surface area contributed by atoms with Gasteiger partial charge in [-0.25, -0.2) is 0 Å². The van der Waals surface area contributed by atoms with Gasteiger partial charge in [0.25, 0.3) is 0 Å². The first kappa shape index (κ1) is 12.6. The molecule has 0 amide bonds. The standard InChI is InChI=1S/C15H13Cl2NO/c1-19-14-6-5-9(7-12(14)17)13-8-10-3-2-4-11(16)15(10)18-13/h2-7,13,18H,8H2,1H3. The second-order valence-corrected chi connectivity index (χ2v) is 5.38. The topological polar surface area (TPSA) is 21.3 Å². The molecule has 4 heteroatoms. The van der Waals surface area contributed by atoms with Crippen LogP contribution in [0.3, 0.4) is 0 Å². The summed E-state index contributed by atoms with van der Waals surface area (Å²) >= 11 is 12.4. The van der Waals surface area contributed by atoms with Gasteiger partial charge in [0.1, 0.15) is 5.75 Å². The number of nitrogens with one attached hydrogen (secondary N) is 1. The summed E-state index contributed by atoms with van der Waals surface area (Å²) in [5, 5.41) is 4.84. The molecule has 0 fully saturated rings. The van der Waals surface area contributed by atoms with Crippen molar-refractivity contribution in [1.29, 1.82) is 0 Å². The molecule has 0 saturated carbocycles. The number of anilines is 1. The summed E-state index contributed by atoms with van der Waals surface area (Å²) in [5.41, 5.74) is 3.41. The van der Waals surface area contributed by atoms with Crippen LogP contribution in [0.2, 0.25) is 10.0 Å². The van der Waals surface area contributed by atoms with Crippen molar-refractivity contribution >= 4 is 28.9 Å². The highest BCUT2D eigenvalue weighted by Gasteiger charge is 2.24. The van der Waals surface area contributed by atoms with E-state index >= 15 is 0 Å². The van der Waals surface area contributed by atoms with Crippen molar-refractivity contribution in [3.05, 3.63) is 57.6 Å². The molecule has 1 aliphatic rings. The largest absolute Gasteiger partial charge is 0.495 e. The van der Waals surface area contributed by atoms with Gasteiger partial charge in [0.05, 0.1) is 28.9 Å². The second-order valence-electron chi connectivity index (χ2n) is 4.57. The molecule has 0 aromatic heterocycles. The van der Waals surface area contributed by atoms with Crippen molar-refractivity contribution in [2.24, 2.45) is 0 Å². The van der Waals surface area contributed by atoms with Gasteiger partial charge in [0, 0.05) is 0 Å². The first-order valence-electron chi connectivity index (χ1n) is 6.06. The van der Waals surface area contributed by atoms with E-state index in [9.17, 15) is 0 Å². The number of ether oxygens (including phenoxy) is 1. The van der Waals surface area contributed by atoms with Crippen molar-refractivity contribution in [1.82, 2.24) is 0 Å². The summed E-state index contributed by atoms with van der Waals surface area (Å²) in [6.45, 7) is 0. The molecular weight excluding hydrogens is 281 g/mol. The lowest BCUT2D eigenvalue weighted by Gasteiger charge is -2.13. The van der Waals surface area contributed by atoms with Crippen molar-refractivity contribution in [2.75, 3.05) is 12.4 Å². The molecule has 2 aromatic carbocycles. The summed E-state index contributed by atoms with van der Waals surface area (Å²) in [4.78, 5) is 0. The predicted octanol–water partition coefficient (Wildman–Crippen LogP) is 4.71. The van der Waals surface area contributed by atoms with Crippen LogP contribution in [0.5, 0.6) is 5.75 Å². The first-order valence-corrected chi connectivity index (χ1v) is 6.82. The quantitative estimate of drug-likeness (QED) is 0.866. The molecule has 2 aromatic rings. The lowest BCUT2D eigenvalue weighted by atomic mass is 10.0. The maximum Gasteiger partial charge on any atom is 0.137 e. The number of benzene rings is 2. The third-order valence-corrected chi connectivity index (χ3v) is 4.03. The van der Waals surface area contributed by atoms with Crippen LogP contribution in [0.1, 0.15) is 17.2 Å². The van der Waals surface area contributed by atoms with Crippen molar-refractivity contribution in [2.45, 2.75) is 12.5 Å². The first-order chi connectivity index (χ1) is 9.19. The lowest BCUT2D eigenvalue weighted by Crippen LogP contribution is -2.05. The Morgan fingerprint density at radius 2 is 2.00 bits per heavy atom. The van der Waals surface area contributed by atoms with E-state index < -0.39 is 0 Å². The minimum atomic E-state index is 0.207. The highest BCUT2D eigenvalue weighted by atomic mass is 35.5. The second kappa shape index (κ2) is 4.95. The Balaban J connectivity index is 1.91. The van der Waals surface area contributed by atoms with E-state index in [1.807, 2.05) is 30.3 Å². The Morgan fingerprint density at radius 3 is 2.68 bits per heavy atom. The van der Waals surface area contributed by atoms with Crippen LogP contribution in [0.4, 0.5) is 5.69 Å². The molecule has 2 nitrogen and oxygen atoms in total. The summed E-state index contributed by atoms with van der Waals surface area (Å²) in [6.07, 6.45) is 0.915. The highest BCUT2D eigenvalue weighted by molar-refractivity contribution is 6.33. The molecule has 3 rings (SSSR count). The maximum atomic E-state index is 6.19. The van der Waals surface area contributed by atoms with Gasteiger partial charge in [0.2, 0.25) is 0 Å². The van der Waals surface area contributed by atoms with E-state index in [1.165, 1.54) is 5.56 Å². The van der Waals surface area contributed by atoms with Crippen LogP contribution < -0.4 is 10.1 Å².